The average molecular weight is 295 g/mol. The van der Waals surface area contributed by atoms with E-state index in [1.54, 1.807) is 0 Å². The third-order valence-corrected chi connectivity index (χ3v) is 4.96. The average Bonchev–Trinajstić information content (AvgIpc) is 2.38. The highest BCUT2D eigenvalue weighted by atomic mass is 35.5. The molecule has 0 amide bonds. The van der Waals surface area contributed by atoms with Crippen LogP contribution in [-0.4, -0.2) is 24.0 Å². The minimum absolute atomic E-state index is 0.0207. The summed E-state index contributed by atoms with van der Waals surface area (Å²) in [5.41, 5.74) is 7.90. The molecule has 1 saturated carbocycles. The van der Waals surface area contributed by atoms with Crippen LogP contribution in [0, 0.1) is 5.92 Å². The van der Waals surface area contributed by atoms with Crippen molar-refractivity contribution >= 4 is 11.6 Å². The van der Waals surface area contributed by atoms with Gasteiger partial charge in [-0.15, -0.1) is 0 Å². The predicted molar refractivity (Wildman–Crippen MR) is 87.0 cm³/mol. The summed E-state index contributed by atoms with van der Waals surface area (Å²) in [7, 11) is 2.17. The number of hydrogen-bond donors (Lipinski definition) is 1. The lowest BCUT2D eigenvalue weighted by Crippen LogP contribution is -2.52. The minimum Gasteiger partial charge on any atom is -0.324 e. The second-order valence-corrected chi connectivity index (χ2v) is 7.14. The topological polar surface area (TPSA) is 29.3 Å². The Morgan fingerprint density at radius 2 is 2.05 bits per heavy atom. The van der Waals surface area contributed by atoms with Crippen LogP contribution < -0.4 is 5.73 Å². The first-order valence-corrected chi connectivity index (χ1v) is 8.02. The number of hydrogen-bond acceptors (Lipinski definition) is 2. The van der Waals surface area contributed by atoms with Crippen LogP contribution in [0.4, 0.5) is 0 Å². The molecule has 0 aliphatic heterocycles. The van der Waals surface area contributed by atoms with Gasteiger partial charge in [0.2, 0.25) is 0 Å². The highest BCUT2D eigenvalue weighted by molar-refractivity contribution is 6.30. The maximum absolute atomic E-state index is 6.63. The van der Waals surface area contributed by atoms with Gasteiger partial charge in [-0.05, 0) is 50.4 Å². The smallest absolute Gasteiger partial charge is 0.0406 e. The molecule has 1 fully saturated rings. The van der Waals surface area contributed by atoms with Gasteiger partial charge in [-0.25, -0.2) is 0 Å². The molecule has 0 radical (unpaired) electrons. The Morgan fingerprint density at radius 3 is 2.65 bits per heavy atom. The van der Waals surface area contributed by atoms with Crippen molar-refractivity contribution in [3.63, 3.8) is 0 Å². The number of nitrogens with zero attached hydrogens (tertiary/aromatic N) is 1. The molecule has 1 aliphatic carbocycles. The van der Waals surface area contributed by atoms with Gasteiger partial charge in [0.15, 0.2) is 0 Å². The Hall–Kier alpha value is -0.570. The molecule has 3 unspecified atom stereocenters. The summed E-state index contributed by atoms with van der Waals surface area (Å²) in [4.78, 5) is 2.38. The summed E-state index contributed by atoms with van der Waals surface area (Å²) in [5, 5.41) is 0.792. The Bertz CT molecular complexity index is 431. The van der Waals surface area contributed by atoms with E-state index in [0.717, 1.165) is 30.3 Å². The maximum atomic E-state index is 6.63. The van der Waals surface area contributed by atoms with Gasteiger partial charge >= 0.3 is 0 Å². The van der Waals surface area contributed by atoms with E-state index in [1.807, 2.05) is 12.1 Å². The second kappa shape index (κ2) is 6.46. The fourth-order valence-electron chi connectivity index (χ4n) is 3.47. The summed E-state index contributed by atoms with van der Waals surface area (Å²) >= 11 is 5.96. The lowest BCUT2D eigenvalue weighted by molar-refractivity contribution is 0.144. The second-order valence-electron chi connectivity index (χ2n) is 6.71. The lowest BCUT2D eigenvalue weighted by atomic mass is 9.76. The number of rotatable bonds is 4. The maximum Gasteiger partial charge on any atom is 0.0406 e. The normalized spacial score (nSPS) is 28.6. The monoisotopic (exact) mass is 294 g/mol. The SMILES string of the molecule is CC1CCCC(N)(CN(C)C(C)c2ccc(Cl)cc2)C1. The van der Waals surface area contributed by atoms with Crippen molar-refractivity contribution in [2.24, 2.45) is 11.7 Å². The van der Waals surface area contributed by atoms with Crippen molar-refractivity contribution in [2.45, 2.75) is 51.1 Å². The molecule has 2 N–H and O–H groups in total. The number of likely N-dealkylation sites (N-methyl/N-ethyl adjacent to an activating group) is 1. The van der Waals surface area contributed by atoms with Crippen molar-refractivity contribution in [2.75, 3.05) is 13.6 Å². The van der Waals surface area contributed by atoms with Crippen LogP contribution in [0.25, 0.3) is 0 Å². The van der Waals surface area contributed by atoms with Crippen LogP contribution in [-0.2, 0) is 0 Å². The summed E-state index contributed by atoms with van der Waals surface area (Å²) < 4.78 is 0. The van der Waals surface area contributed by atoms with Crippen molar-refractivity contribution in [1.82, 2.24) is 4.90 Å². The first-order chi connectivity index (χ1) is 9.39. The molecule has 0 spiro atoms. The first-order valence-electron chi connectivity index (χ1n) is 7.64. The van der Waals surface area contributed by atoms with Gasteiger partial charge in [0, 0.05) is 23.1 Å². The summed E-state index contributed by atoms with van der Waals surface area (Å²) in [6, 6.07) is 8.50. The standard InChI is InChI=1S/C17H27ClN2/c1-13-5-4-10-17(19,11-13)12-20(3)14(2)15-6-8-16(18)9-7-15/h6-9,13-14H,4-5,10-12,19H2,1-3H3. The largest absolute Gasteiger partial charge is 0.324 e. The zero-order valence-corrected chi connectivity index (χ0v) is 13.7. The zero-order chi connectivity index (χ0) is 14.8. The fourth-order valence-corrected chi connectivity index (χ4v) is 3.60. The first kappa shape index (κ1) is 15.8. The summed E-state index contributed by atoms with van der Waals surface area (Å²) in [5.74, 6) is 0.757. The van der Waals surface area contributed by atoms with E-state index < -0.39 is 0 Å². The molecule has 2 rings (SSSR count). The minimum atomic E-state index is -0.0207. The molecular formula is C17H27ClN2. The van der Waals surface area contributed by atoms with Gasteiger partial charge in [0.05, 0.1) is 0 Å². The van der Waals surface area contributed by atoms with Crippen molar-refractivity contribution in [3.05, 3.63) is 34.9 Å². The third kappa shape index (κ3) is 3.97. The van der Waals surface area contributed by atoms with Crippen LogP contribution in [0.5, 0.6) is 0 Å². The summed E-state index contributed by atoms with van der Waals surface area (Å²) in [6.45, 7) is 5.52. The molecule has 1 aromatic rings. The Balaban J connectivity index is 2.00. The van der Waals surface area contributed by atoms with Crippen LogP contribution in [0.1, 0.15) is 51.1 Å². The molecule has 0 heterocycles. The zero-order valence-electron chi connectivity index (χ0n) is 12.9. The number of benzene rings is 1. The van der Waals surface area contributed by atoms with E-state index in [9.17, 15) is 0 Å². The molecule has 1 aromatic carbocycles. The molecule has 3 atom stereocenters. The Labute approximate surface area is 128 Å². The highest BCUT2D eigenvalue weighted by Crippen LogP contribution is 2.32. The van der Waals surface area contributed by atoms with Crippen LogP contribution in [0.3, 0.4) is 0 Å². The summed E-state index contributed by atoms with van der Waals surface area (Å²) in [6.07, 6.45) is 4.88. The molecule has 0 aromatic heterocycles. The van der Waals surface area contributed by atoms with E-state index in [2.05, 4.69) is 37.9 Å². The number of halogens is 1. The van der Waals surface area contributed by atoms with E-state index in [1.165, 1.54) is 18.4 Å². The van der Waals surface area contributed by atoms with E-state index in [-0.39, 0.29) is 5.54 Å². The Kier molecular flexibility index (Phi) is 5.11. The quantitative estimate of drug-likeness (QED) is 0.900. The predicted octanol–water partition coefficient (Wildman–Crippen LogP) is 4.24. The van der Waals surface area contributed by atoms with Crippen molar-refractivity contribution in [1.29, 1.82) is 0 Å². The van der Waals surface area contributed by atoms with Crippen molar-refractivity contribution < 1.29 is 0 Å². The number of nitrogens with two attached hydrogens (primary N) is 1. The third-order valence-electron chi connectivity index (χ3n) is 4.70. The molecule has 2 nitrogen and oxygen atoms in total. The van der Waals surface area contributed by atoms with Gasteiger partial charge in [-0.3, -0.25) is 4.90 Å². The molecular weight excluding hydrogens is 268 g/mol. The molecule has 112 valence electrons. The fraction of sp³-hybridized carbons (Fsp3) is 0.647. The van der Waals surface area contributed by atoms with Gasteiger partial charge in [0.25, 0.3) is 0 Å². The Morgan fingerprint density at radius 1 is 1.40 bits per heavy atom. The van der Waals surface area contributed by atoms with Crippen LogP contribution in [0.15, 0.2) is 24.3 Å². The van der Waals surface area contributed by atoms with Gasteiger partial charge in [0.1, 0.15) is 0 Å². The van der Waals surface area contributed by atoms with Crippen molar-refractivity contribution in [3.8, 4) is 0 Å². The highest BCUT2D eigenvalue weighted by Gasteiger charge is 2.33. The van der Waals surface area contributed by atoms with Crippen LogP contribution in [0.2, 0.25) is 5.02 Å². The van der Waals surface area contributed by atoms with E-state index in [0.29, 0.717) is 6.04 Å². The molecule has 0 saturated heterocycles. The van der Waals surface area contributed by atoms with Crippen LogP contribution >= 0.6 is 11.6 Å². The molecule has 3 heteroatoms. The van der Waals surface area contributed by atoms with Gasteiger partial charge in [-0.2, -0.15) is 0 Å². The molecule has 20 heavy (non-hydrogen) atoms. The van der Waals surface area contributed by atoms with E-state index in [4.69, 9.17) is 17.3 Å². The van der Waals surface area contributed by atoms with Gasteiger partial charge < -0.3 is 5.73 Å². The van der Waals surface area contributed by atoms with Gasteiger partial charge in [-0.1, -0.05) is 43.5 Å². The van der Waals surface area contributed by atoms with E-state index >= 15 is 0 Å². The molecule has 0 bridgehead atoms. The lowest BCUT2D eigenvalue weighted by Gasteiger charge is -2.41. The molecule has 1 aliphatic rings.